The van der Waals surface area contributed by atoms with Gasteiger partial charge in [0.2, 0.25) is 0 Å². The van der Waals surface area contributed by atoms with Gasteiger partial charge in [0.05, 0.1) is 11.6 Å². The van der Waals surface area contributed by atoms with Gasteiger partial charge in [-0.15, -0.1) is 0 Å². The maximum atomic E-state index is 10.6. The summed E-state index contributed by atoms with van der Waals surface area (Å²) >= 11 is 12.9. The summed E-state index contributed by atoms with van der Waals surface area (Å²) in [6.07, 6.45) is -0.808. The zero-order chi connectivity index (χ0) is 14.9. The minimum absolute atomic E-state index is 0.540. The van der Waals surface area contributed by atoms with Crippen molar-refractivity contribution >= 4 is 43.5 Å². The van der Waals surface area contributed by atoms with E-state index in [4.69, 9.17) is 16.3 Å². The quantitative estimate of drug-likeness (QED) is 0.734. The fourth-order valence-electron chi connectivity index (χ4n) is 1.96. The van der Waals surface area contributed by atoms with Crippen LogP contribution < -0.4 is 4.74 Å². The third-order valence-corrected chi connectivity index (χ3v) is 4.71. The zero-order valence-electron chi connectivity index (χ0n) is 11.0. The van der Waals surface area contributed by atoms with Gasteiger partial charge in [-0.25, -0.2) is 0 Å². The van der Waals surface area contributed by atoms with E-state index in [0.29, 0.717) is 20.8 Å². The highest BCUT2D eigenvalue weighted by Gasteiger charge is 2.19. The molecule has 106 valence electrons. The summed E-state index contributed by atoms with van der Waals surface area (Å²) in [6.45, 7) is 2.00. The molecule has 5 heteroatoms. The van der Waals surface area contributed by atoms with E-state index in [0.717, 1.165) is 15.6 Å². The van der Waals surface area contributed by atoms with Crippen LogP contribution in [0.4, 0.5) is 0 Å². The second-order valence-corrected chi connectivity index (χ2v) is 6.57. The molecule has 0 aliphatic carbocycles. The Hall–Kier alpha value is -0.550. The summed E-state index contributed by atoms with van der Waals surface area (Å²) < 4.78 is 7.02. The van der Waals surface area contributed by atoms with Crippen molar-refractivity contribution in [2.24, 2.45) is 0 Å². The summed E-state index contributed by atoms with van der Waals surface area (Å²) in [5.74, 6) is 0.582. The molecule has 2 aromatic carbocycles. The molecule has 0 saturated carbocycles. The van der Waals surface area contributed by atoms with Gasteiger partial charge in [-0.2, -0.15) is 0 Å². The first kappa shape index (κ1) is 15.8. The van der Waals surface area contributed by atoms with Crippen molar-refractivity contribution in [1.82, 2.24) is 0 Å². The summed E-state index contributed by atoms with van der Waals surface area (Å²) in [6, 6.07) is 9.19. The monoisotopic (exact) mass is 418 g/mol. The molecule has 2 rings (SSSR count). The predicted octanol–water partition coefficient (Wildman–Crippen LogP) is 5.26. The number of hydrogen-bond acceptors (Lipinski definition) is 2. The Morgan fingerprint density at radius 1 is 1.15 bits per heavy atom. The van der Waals surface area contributed by atoms with E-state index in [-0.39, 0.29) is 0 Å². The van der Waals surface area contributed by atoms with Gasteiger partial charge in [-0.3, -0.25) is 0 Å². The number of aryl methyl sites for hydroxylation is 1. The van der Waals surface area contributed by atoms with E-state index < -0.39 is 6.10 Å². The van der Waals surface area contributed by atoms with Crippen LogP contribution in [0.1, 0.15) is 22.8 Å². The van der Waals surface area contributed by atoms with Gasteiger partial charge in [-0.05, 0) is 52.2 Å². The van der Waals surface area contributed by atoms with Crippen molar-refractivity contribution < 1.29 is 9.84 Å². The lowest BCUT2D eigenvalue weighted by Crippen LogP contribution is -2.03. The molecular formula is C15H13Br2ClO2. The number of hydrogen-bond donors (Lipinski definition) is 1. The highest BCUT2D eigenvalue weighted by molar-refractivity contribution is 9.10. The average Bonchev–Trinajstić information content (AvgIpc) is 2.40. The fraction of sp³-hybridized carbons (Fsp3) is 0.200. The van der Waals surface area contributed by atoms with E-state index >= 15 is 0 Å². The summed E-state index contributed by atoms with van der Waals surface area (Å²) in [5.41, 5.74) is 2.51. The lowest BCUT2D eigenvalue weighted by Gasteiger charge is -2.17. The molecule has 0 saturated heterocycles. The number of benzene rings is 2. The van der Waals surface area contributed by atoms with Gasteiger partial charge < -0.3 is 9.84 Å². The van der Waals surface area contributed by atoms with E-state index in [2.05, 4.69) is 31.9 Å². The summed E-state index contributed by atoms with van der Waals surface area (Å²) in [7, 11) is 1.56. The molecule has 0 radical (unpaired) electrons. The highest BCUT2D eigenvalue weighted by atomic mass is 79.9. The molecule has 1 N–H and O–H groups in total. The number of methoxy groups -OCH3 is 1. The molecule has 20 heavy (non-hydrogen) atoms. The van der Waals surface area contributed by atoms with Crippen LogP contribution in [-0.2, 0) is 0 Å². The summed E-state index contributed by atoms with van der Waals surface area (Å²) in [5, 5.41) is 11.1. The Bertz CT molecular complexity index is 644. The van der Waals surface area contributed by atoms with Crippen LogP contribution in [0, 0.1) is 6.92 Å². The van der Waals surface area contributed by atoms with Crippen LogP contribution in [0.3, 0.4) is 0 Å². The third-order valence-electron chi connectivity index (χ3n) is 3.05. The van der Waals surface area contributed by atoms with Gasteiger partial charge in [-0.1, -0.05) is 39.7 Å². The normalized spacial score (nSPS) is 12.3. The van der Waals surface area contributed by atoms with Crippen LogP contribution in [0.25, 0.3) is 0 Å². The predicted molar refractivity (Wildman–Crippen MR) is 88.6 cm³/mol. The molecule has 1 unspecified atom stereocenters. The van der Waals surface area contributed by atoms with E-state index in [1.807, 2.05) is 25.1 Å². The minimum atomic E-state index is -0.808. The smallest absolute Gasteiger partial charge is 0.139 e. The van der Waals surface area contributed by atoms with Gasteiger partial charge >= 0.3 is 0 Å². The molecule has 0 bridgehead atoms. The number of aliphatic hydroxyl groups is 1. The standard InChI is InChI=1S/C15H13Br2ClO2/c1-8-3-4-9(5-12(8)16)14(19)11-6-10(18)7-13(17)15(11)20-2/h3-7,14,19H,1-2H3. The molecule has 0 aliphatic heterocycles. The van der Waals surface area contributed by atoms with Gasteiger partial charge in [0, 0.05) is 15.1 Å². The molecular weight excluding hydrogens is 407 g/mol. The Balaban J connectivity index is 2.52. The molecule has 1 atom stereocenters. The molecule has 0 fully saturated rings. The molecule has 2 aromatic rings. The van der Waals surface area contributed by atoms with E-state index in [1.165, 1.54) is 0 Å². The van der Waals surface area contributed by atoms with Crippen LogP contribution in [0.15, 0.2) is 39.3 Å². The number of ether oxygens (including phenoxy) is 1. The molecule has 0 spiro atoms. The number of rotatable bonds is 3. The van der Waals surface area contributed by atoms with Crippen molar-refractivity contribution in [3.05, 3.63) is 61.0 Å². The van der Waals surface area contributed by atoms with Crippen molar-refractivity contribution in [2.45, 2.75) is 13.0 Å². The SMILES string of the molecule is COc1c(Br)cc(Cl)cc1C(O)c1ccc(C)c(Br)c1. The van der Waals surface area contributed by atoms with Crippen LogP contribution in [0.5, 0.6) is 5.75 Å². The molecule has 0 aromatic heterocycles. The molecule has 0 heterocycles. The van der Waals surface area contributed by atoms with Crippen LogP contribution in [-0.4, -0.2) is 12.2 Å². The van der Waals surface area contributed by atoms with E-state index in [9.17, 15) is 5.11 Å². The van der Waals surface area contributed by atoms with Crippen LogP contribution >= 0.6 is 43.5 Å². The average molecular weight is 421 g/mol. The Kier molecular flexibility index (Phi) is 5.13. The number of halogens is 3. The Morgan fingerprint density at radius 2 is 1.85 bits per heavy atom. The first-order valence-electron chi connectivity index (χ1n) is 5.91. The van der Waals surface area contributed by atoms with Gasteiger partial charge in [0.15, 0.2) is 0 Å². The lowest BCUT2D eigenvalue weighted by atomic mass is 10.00. The Morgan fingerprint density at radius 3 is 2.45 bits per heavy atom. The van der Waals surface area contributed by atoms with Gasteiger partial charge in [0.25, 0.3) is 0 Å². The zero-order valence-corrected chi connectivity index (χ0v) is 14.9. The van der Waals surface area contributed by atoms with Crippen molar-refractivity contribution in [1.29, 1.82) is 0 Å². The second-order valence-electron chi connectivity index (χ2n) is 4.42. The molecule has 0 amide bonds. The van der Waals surface area contributed by atoms with Gasteiger partial charge in [0.1, 0.15) is 11.9 Å². The maximum absolute atomic E-state index is 10.6. The topological polar surface area (TPSA) is 29.5 Å². The fourth-order valence-corrected chi connectivity index (χ4v) is 3.35. The second kappa shape index (κ2) is 6.48. The first-order valence-corrected chi connectivity index (χ1v) is 7.87. The minimum Gasteiger partial charge on any atom is -0.495 e. The molecule has 0 aliphatic rings. The van der Waals surface area contributed by atoms with Crippen LogP contribution in [0.2, 0.25) is 5.02 Å². The lowest BCUT2D eigenvalue weighted by molar-refractivity contribution is 0.214. The van der Waals surface area contributed by atoms with Crippen molar-refractivity contribution in [3.63, 3.8) is 0 Å². The summed E-state index contributed by atoms with van der Waals surface area (Å²) in [4.78, 5) is 0. The number of aliphatic hydroxyl groups excluding tert-OH is 1. The first-order chi connectivity index (χ1) is 9.43. The van der Waals surface area contributed by atoms with E-state index in [1.54, 1.807) is 19.2 Å². The van der Waals surface area contributed by atoms with Crippen molar-refractivity contribution in [2.75, 3.05) is 7.11 Å². The largest absolute Gasteiger partial charge is 0.495 e. The maximum Gasteiger partial charge on any atom is 0.139 e. The third kappa shape index (κ3) is 3.19. The van der Waals surface area contributed by atoms with Crippen molar-refractivity contribution in [3.8, 4) is 5.75 Å². The Labute approximate surface area is 140 Å². The highest BCUT2D eigenvalue weighted by Crippen LogP contribution is 2.38. The molecule has 2 nitrogen and oxygen atoms in total.